The van der Waals surface area contributed by atoms with E-state index in [1.165, 1.54) is 0 Å². The average molecular weight is 314 g/mol. The van der Waals surface area contributed by atoms with Crippen molar-refractivity contribution in [1.82, 2.24) is 15.5 Å². The number of imide groups is 1. The summed E-state index contributed by atoms with van der Waals surface area (Å²) in [7, 11) is 0. The van der Waals surface area contributed by atoms with Gasteiger partial charge in [0.15, 0.2) is 0 Å². The van der Waals surface area contributed by atoms with Crippen LogP contribution in [0.3, 0.4) is 0 Å². The van der Waals surface area contributed by atoms with Gasteiger partial charge in [0.25, 0.3) is 5.91 Å². The lowest BCUT2D eigenvalue weighted by molar-refractivity contribution is -0.135. The number of carbonyl (C=O) groups is 3. The van der Waals surface area contributed by atoms with Crippen molar-refractivity contribution in [2.24, 2.45) is 0 Å². The van der Waals surface area contributed by atoms with Gasteiger partial charge in [0.2, 0.25) is 5.91 Å². The minimum atomic E-state index is -1.13. The predicted octanol–water partition coefficient (Wildman–Crippen LogP) is 0.874. The highest BCUT2D eigenvalue weighted by molar-refractivity contribution is 6.09. The number of hydrogen-bond acceptors (Lipinski definition) is 4. The van der Waals surface area contributed by atoms with Crippen LogP contribution in [0.5, 0.6) is 0 Å². The Morgan fingerprint density at radius 1 is 1.35 bits per heavy atom. The number of rotatable bonds is 6. The third-order valence-electron chi connectivity index (χ3n) is 3.83. The van der Waals surface area contributed by atoms with Crippen molar-refractivity contribution in [3.8, 4) is 6.07 Å². The van der Waals surface area contributed by atoms with Gasteiger partial charge in [0, 0.05) is 6.54 Å². The Morgan fingerprint density at radius 2 is 2.04 bits per heavy atom. The van der Waals surface area contributed by atoms with E-state index < -0.39 is 23.4 Å². The zero-order chi connectivity index (χ0) is 16.9. The molecule has 0 bridgehead atoms. The Balaban J connectivity index is 2.16. The largest absolute Gasteiger partial charge is 0.354 e. The maximum Gasteiger partial charge on any atom is 0.325 e. The zero-order valence-electron chi connectivity index (χ0n) is 12.8. The van der Waals surface area contributed by atoms with E-state index in [0.29, 0.717) is 12.0 Å². The number of amides is 4. The first-order valence-electron chi connectivity index (χ1n) is 7.38. The molecule has 0 aromatic heterocycles. The number of nitrogens with zero attached hydrogens (tertiary/aromatic N) is 2. The molecule has 2 N–H and O–H groups in total. The Hall–Kier alpha value is -2.88. The lowest BCUT2D eigenvalue weighted by atomic mass is 9.87. The Labute approximate surface area is 134 Å². The molecule has 4 amide bonds. The van der Waals surface area contributed by atoms with Crippen molar-refractivity contribution >= 4 is 17.8 Å². The van der Waals surface area contributed by atoms with Gasteiger partial charge < -0.3 is 10.6 Å². The zero-order valence-corrected chi connectivity index (χ0v) is 12.8. The van der Waals surface area contributed by atoms with Crippen LogP contribution >= 0.6 is 0 Å². The third-order valence-corrected chi connectivity index (χ3v) is 3.83. The fourth-order valence-electron chi connectivity index (χ4n) is 2.59. The first-order chi connectivity index (χ1) is 11.0. The maximum absolute atomic E-state index is 12.7. The van der Waals surface area contributed by atoms with Gasteiger partial charge in [0.05, 0.1) is 12.5 Å². The van der Waals surface area contributed by atoms with Crippen molar-refractivity contribution in [1.29, 1.82) is 5.26 Å². The number of carbonyl (C=O) groups excluding carboxylic acids is 3. The van der Waals surface area contributed by atoms with Crippen molar-refractivity contribution in [2.75, 3.05) is 13.1 Å². The van der Waals surface area contributed by atoms with Gasteiger partial charge in [-0.05, 0) is 12.0 Å². The van der Waals surface area contributed by atoms with Crippen LogP contribution in [0.25, 0.3) is 0 Å². The number of benzene rings is 1. The smallest absolute Gasteiger partial charge is 0.325 e. The lowest BCUT2D eigenvalue weighted by Gasteiger charge is -2.25. The Morgan fingerprint density at radius 3 is 2.65 bits per heavy atom. The number of nitriles is 1. The van der Waals surface area contributed by atoms with E-state index >= 15 is 0 Å². The number of urea groups is 1. The van der Waals surface area contributed by atoms with Crippen molar-refractivity contribution < 1.29 is 14.4 Å². The highest BCUT2D eigenvalue weighted by atomic mass is 16.2. The van der Waals surface area contributed by atoms with Crippen molar-refractivity contribution in [3.05, 3.63) is 35.9 Å². The van der Waals surface area contributed by atoms with Crippen LogP contribution in [0.1, 0.15) is 25.3 Å². The van der Waals surface area contributed by atoms with Gasteiger partial charge in [-0.25, -0.2) is 4.79 Å². The quantitative estimate of drug-likeness (QED) is 0.601. The van der Waals surface area contributed by atoms with E-state index in [1.807, 2.05) is 19.1 Å². The summed E-state index contributed by atoms with van der Waals surface area (Å²) in [5.41, 5.74) is -0.445. The molecule has 0 radical (unpaired) electrons. The second-order valence-electron chi connectivity index (χ2n) is 5.20. The first kappa shape index (κ1) is 16.5. The second kappa shape index (κ2) is 6.92. The van der Waals surface area contributed by atoms with Crippen molar-refractivity contribution in [2.45, 2.75) is 25.3 Å². The van der Waals surface area contributed by atoms with Crippen LogP contribution in [0.2, 0.25) is 0 Å². The van der Waals surface area contributed by atoms with E-state index in [-0.39, 0.29) is 19.5 Å². The summed E-state index contributed by atoms with van der Waals surface area (Å²) >= 11 is 0. The highest BCUT2D eigenvalue weighted by Gasteiger charge is 2.51. The molecular weight excluding hydrogens is 296 g/mol. The molecule has 1 heterocycles. The molecule has 1 aromatic carbocycles. The molecule has 1 atom stereocenters. The fourth-order valence-corrected chi connectivity index (χ4v) is 2.59. The normalized spacial score (nSPS) is 20.1. The monoisotopic (exact) mass is 314 g/mol. The molecule has 1 aliphatic heterocycles. The number of hydrogen-bond donors (Lipinski definition) is 2. The molecule has 1 aromatic rings. The third kappa shape index (κ3) is 3.16. The van der Waals surface area contributed by atoms with Crippen LogP contribution in [-0.4, -0.2) is 35.8 Å². The highest BCUT2D eigenvalue weighted by Crippen LogP contribution is 2.32. The summed E-state index contributed by atoms with van der Waals surface area (Å²) in [6.07, 6.45) is 0.558. The van der Waals surface area contributed by atoms with E-state index in [0.717, 1.165) is 4.90 Å². The van der Waals surface area contributed by atoms with E-state index in [9.17, 15) is 14.4 Å². The first-order valence-corrected chi connectivity index (χ1v) is 7.38. The fraction of sp³-hybridized carbons (Fsp3) is 0.375. The minimum Gasteiger partial charge on any atom is -0.354 e. The van der Waals surface area contributed by atoms with Crippen LogP contribution in [0.15, 0.2) is 30.3 Å². The molecule has 1 saturated heterocycles. The molecule has 2 rings (SSSR count). The SMILES string of the molecule is CCC1(c2ccccc2)NC(=O)N(CC(=O)NCCC#N)C1=O. The molecule has 1 unspecified atom stereocenters. The van der Waals surface area contributed by atoms with E-state index in [4.69, 9.17) is 5.26 Å². The Kier molecular flexibility index (Phi) is 4.96. The van der Waals surface area contributed by atoms with Crippen LogP contribution < -0.4 is 10.6 Å². The van der Waals surface area contributed by atoms with Gasteiger partial charge in [-0.2, -0.15) is 5.26 Å². The molecule has 1 aliphatic rings. The van der Waals surface area contributed by atoms with Crippen LogP contribution in [0.4, 0.5) is 4.79 Å². The van der Waals surface area contributed by atoms with Gasteiger partial charge in [-0.1, -0.05) is 37.3 Å². The van der Waals surface area contributed by atoms with Gasteiger partial charge >= 0.3 is 6.03 Å². The molecule has 120 valence electrons. The Bertz CT molecular complexity index is 653. The number of nitrogens with one attached hydrogen (secondary N) is 2. The minimum absolute atomic E-state index is 0.175. The predicted molar refractivity (Wildman–Crippen MR) is 81.9 cm³/mol. The summed E-state index contributed by atoms with van der Waals surface area (Å²) in [5.74, 6) is -0.907. The van der Waals surface area contributed by atoms with Gasteiger partial charge in [-0.3, -0.25) is 14.5 Å². The second-order valence-corrected chi connectivity index (χ2v) is 5.20. The molecule has 0 aliphatic carbocycles. The average Bonchev–Trinajstić information content (AvgIpc) is 2.81. The van der Waals surface area contributed by atoms with E-state index in [2.05, 4.69) is 10.6 Å². The summed E-state index contributed by atoms with van der Waals surface area (Å²) in [5, 5.41) is 13.7. The van der Waals surface area contributed by atoms with Crippen LogP contribution in [0, 0.1) is 11.3 Å². The van der Waals surface area contributed by atoms with Crippen molar-refractivity contribution in [3.63, 3.8) is 0 Å². The molecular formula is C16H18N4O3. The van der Waals surface area contributed by atoms with Crippen LogP contribution in [-0.2, 0) is 15.1 Å². The molecule has 7 nitrogen and oxygen atoms in total. The summed E-state index contributed by atoms with van der Waals surface area (Å²) in [6.45, 7) is 1.64. The van der Waals surface area contributed by atoms with E-state index in [1.54, 1.807) is 24.3 Å². The summed E-state index contributed by atoms with van der Waals surface area (Å²) in [6, 6.07) is 10.3. The van der Waals surface area contributed by atoms with Gasteiger partial charge in [-0.15, -0.1) is 0 Å². The molecule has 0 saturated carbocycles. The molecule has 7 heteroatoms. The molecule has 1 fully saturated rings. The topological polar surface area (TPSA) is 102 Å². The maximum atomic E-state index is 12.7. The molecule has 23 heavy (non-hydrogen) atoms. The van der Waals surface area contributed by atoms with Gasteiger partial charge in [0.1, 0.15) is 12.1 Å². The summed E-state index contributed by atoms with van der Waals surface area (Å²) < 4.78 is 0. The summed E-state index contributed by atoms with van der Waals surface area (Å²) in [4.78, 5) is 37.6. The molecule has 0 spiro atoms. The standard InChI is InChI=1S/C16H18N4O3/c1-2-16(12-7-4-3-5-8-12)14(22)20(15(23)19-16)11-13(21)18-10-6-9-17/h3-5,7-8H,2,6,10-11H2,1H3,(H,18,21)(H,19,23). The lowest BCUT2D eigenvalue weighted by Crippen LogP contribution is -2.44.